The Labute approximate surface area is 146 Å². The highest BCUT2D eigenvalue weighted by molar-refractivity contribution is 8.00. The first-order valence-corrected chi connectivity index (χ1v) is 8.85. The lowest BCUT2D eigenvalue weighted by Gasteiger charge is -2.18. The van der Waals surface area contributed by atoms with Crippen molar-refractivity contribution in [2.24, 2.45) is 0 Å². The molecule has 2 N–H and O–H groups in total. The molecular weight excluding hydrogens is 322 g/mol. The van der Waals surface area contributed by atoms with E-state index < -0.39 is 5.97 Å². The van der Waals surface area contributed by atoms with Crippen LogP contribution in [0, 0.1) is 0 Å². The molecule has 24 heavy (non-hydrogen) atoms. The number of nitrogens with one attached hydrogen (secondary N) is 1. The summed E-state index contributed by atoms with van der Waals surface area (Å²) < 4.78 is 0. The van der Waals surface area contributed by atoms with Crippen molar-refractivity contribution in [3.05, 3.63) is 66.2 Å². The van der Waals surface area contributed by atoms with Crippen molar-refractivity contribution in [1.82, 2.24) is 5.32 Å². The molecule has 0 radical (unpaired) electrons. The molecule has 2 rings (SSSR count). The van der Waals surface area contributed by atoms with Gasteiger partial charge >= 0.3 is 5.97 Å². The fourth-order valence-corrected chi connectivity index (χ4v) is 3.09. The van der Waals surface area contributed by atoms with Crippen LogP contribution in [0.1, 0.15) is 18.4 Å². The Kier molecular flexibility index (Phi) is 7.36. The van der Waals surface area contributed by atoms with Gasteiger partial charge in [0.25, 0.3) is 0 Å². The number of carboxylic acids is 1. The van der Waals surface area contributed by atoms with E-state index in [0.717, 1.165) is 10.5 Å². The summed E-state index contributed by atoms with van der Waals surface area (Å²) in [5.41, 5.74) is 1.09. The van der Waals surface area contributed by atoms with Crippen LogP contribution in [0.3, 0.4) is 0 Å². The summed E-state index contributed by atoms with van der Waals surface area (Å²) in [7, 11) is 0. The molecule has 0 saturated heterocycles. The molecule has 1 unspecified atom stereocenters. The van der Waals surface area contributed by atoms with Crippen molar-refractivity contribution < 1.29 is 14.7 Å². The Balaban J connectivity index is 1.88. The first-order chi connectivity index (χ1) is 11.6. The lowest BCUT2D eigenvalue weighted by molar-refractivity contribution is -0.137. The summed E-state index contributed by atoms with van der Waals surface area (Å²) in [5.74, 6) is -0.598. The number of rotatable bonds is 9. The Hall–Kier alpha value is -2.27. The summed E-state index contributed by atoms with van der Waals surface area (Å²) in [4.78, 5) is 24.1. The van der Waals surface area contributed by atoms with Crippen molar-refractivity contribution in [3.8, 4) is 0 Å². The maximum atomic E-state index is 12.2. The lowest BCUT2D eigenvalue weighted by Crippen LogP contribution is -2.38. The van der Waals surface area contributed by atoms with Gasteiger partial charge in [-0.3, -0.25) is 9.59 Å². The molecule has 0 heterocycles. The molecule has 5 heteroatoms. The lowest BCUT2D eigenvalue weighted by atomic mass is 10.0. The Bertz CT molecular complexity index is 646. The summed E-state index contributed by atoms with van der Waals surface area (Å²) >= 11 is 1.47. The second kappa shape index (κ2) is 9.78. The van der Waals surface area contributed by atoms with Gasteiger partial charge in [-0.05, 0) is 30.5 Å². The molecule has 0 saturated carbocycles. The predicted octanol–water partition coefficient (Wildman–Crippen LogP) is 3.37. The molecule has 0 aliphatic rings. The van der Waals surface area contributed by atoms with Gasteiger partial charge in [0, 0.05) is 17.4 Å². The van der Waals surface area contributed by atoms with E-state index in [1.54, 1.807) is 0 Å². The number of thioether (sulfide) groups is 1. The van der Waals surface area contributed by atoms with E-state index in [4.69, 9.17) is 5.11 Å². The Morgan fingerprint density at radius 3 is 2.25 bits per heavy atom. The van der Waals surface area contributed by atoms with Crippen molar-refractivity contribution in [2.45, 2.75) is 30.2 Å². The highest BCUT2D eigenvalue weighted by atomic mass is 32.2. The SMILES string of the molecule is O=C(O)CCC(Cc1ccccc1)NC(=O)CSc1ccccc1. The Morgan fingerprint density at radius 1 is 1.00 bits per heavy atom. The van der Waals surface area contributed by atoms with Crippen LogP contribution in [0.4, 0.5) is 0 Å². The van der Waals surface area contributed by atoms with E-state index in [1.807, 2.05) is 60.7 Å². The molecule has 0 aliphatic heterocycles. The van der Waals surface area contributed by atoms with Crippen molar-refractivity contribution in [1.29, 1.82) is 0 Å². The smallest absolute Gasteiger partial charge is 0.303 e. The number of carbonyl (C=O) groups is 2. The quantitative estimate of drug-likeness (QED) is 0.685. The first kappa shape index (κ1) is 18.1. The third kappa shape index (κ3) is 6.87. The normalized spacial score (nSPS) is 11.7. The van der Waals surface area contributed by atoms with Crippen molar-refractivity contribution >= 4 is 23.6 Å². The monoisotopic (exact) mass is 343 g/mol. The third-order valence-corrected chi connectivity index (χ3v) is 4.52. The maximum Gasteiger partial charge on any atom is 0.303 e. The van der Waals surface area contributed by atoms with Gasteiger partial charge in [0.1, 0.15) is 0 Å². The maximum absolute atomic E-state index is 12.2. The van der Waals surface area contributed by atoms with E-state index >= 15 is 0 Å². The highest BCUT2D eigenvalue weighted by Crippen LogP contribution is 2.16. The zero-order chi connectivity index (χ0) is 17.2. The first-order valence-electron chi connectivity index (χ1n) is 7.86. The van der Waals surface area contributed by atoms with E-state index in [-0.39, 0.29) is 18.4 Å². The fraction of sp³-hybridized carbons (Fsp3) is 0.263. The largest absolute Gasteiger partial charge is 0.481 e. The molecule has 126 valence electrons. The van der Waals surface area contributed by atoms with Crippen LogP contribution >= 0.6 is 11.8 Å². The van der Waals surface area contributed by atoms with E-state index in [0.29, 0.717) is 18.6 Å². The molecular formula is C19H21NO3S. The summed E-state index contributed by atoms with van der Waals surface area (Å²) in [6.07, 6.45) is 1.10. The average molecular weight is 343 g/mol. The van der Waals surface area contributed by atoms with Gasteiger partial charge in [-0.2, -0.15) is 0 Å². The van der Waals surface area contributed by atoms with Crippen LogP contribution in [0.25, 0.3) is 0 Å². The van der Waals surface area contributed by atoms with Crippen molar-refractivity contribution in [2.75, 3.05) is 5.75 Å². The zero-order valence-corrected chi connectivity index (χ0v) is 14.2. The number of carbonyl (C=O) groups excluding carboxylic acids is 1. The van der Waals surface area contributed by atoms with Crippen LogP contribution in [-0.2, 0) is 16.0 Å². The molecule has 0 spiro atoms. The van der Waals surface area contributed by atoms with Crippen LogP contribution in [0.2, 0.25) is 0 Å². The van der Waals surface area contributed by atoms with Gasteiger partial charge in [0.2, 0.25) is 5.91 Å². The van der Waals surface area contributed by atoms with Gasteiger partial charge in [-0.25, -0.2) is 0 Å². The number of amides is 1. The molecule has 0 aromatic heterocycles. The van der Waals surface area contributed by atoms with Gasteiger partial charge < -0.3 is 10.4 Å². The summed E-state index contributed by atoms with van der Waals surface area (Å²) in [5, 5.41) is 11.9. The van der Waals surface area contributed by atoms with Gasteiger partial charge in [-0.1, -0.05) is 48.5 Å². The van der Waals surface area contributed by atoms with Crippen LogP contribution in [0.5, 0.6) is 0 Å². The number of carboxylic acid groups (broad SMARTS) is 1. The number of benzene rings is 2. The van der Waals surface area contributed by atoms with Crippen LogP contribution in [0.15, 0.2) is 65.6 Å². The fourth-order valence-electron chi connectivity index (χ4n) is 2.36. The van der Waals surface area contributed by atoms with E-state index in [2.05, 4.69) is 5.32 Å². The predicted molar refractivity (Wildman–Crippen MR) is 96.1 cm³/mol. The van der Waals surface area contributed by atoms with E-state index in [1.165, 1.54) is 11.8 Å². The number of hydrogen-bond acceptors (Lipinski definition) is 3. The molecule has 1 atom stereocenters. The number of hydrogen-bond donors (Lipinski definition) is 2. The number of aliphatic carboxylic acids is 1. The molecule has 1 amide bonds. The summed E-state index contributed by atoms with van der Waals surface area (Å²) in [6.45, 7) is 0. The summed E-state index contributed by atoms with van der Waals surface area (Å²) in [6, 6.07) is 19.3. The second-order valence-corrected chi connectivity index (χ2v) is 6.54. The average Bonchev–Trinajstić information content (AvgIpc) is 2.60. The minimum atomic E-state index is -0.846. The van der Waals surface area contributed by atoms with Crippen LogP contribution in [-0.4, -0.2) is 28.8 Å². The van der Waals surface area contributed by atoms with Gasteiger partial charge in [-0.15, -0.1) is 11.8 Å². The molecule has 2 aromatic carbocycles. The molecule has 4 nitrogen and oxygen atoms in total. The van der Waals surface area contributed by atoms with Crippen molar-refractivity contribution in [3.63, 3.8) is 0 Å². The second-order valence-electron chi connectivity index (χ2n) is 5.49. The molecule has 0 fully saturated rings. The standard InChI is InChI=1S/C19H21NO3S/c21-18(14-24-17-9-5-2-6-10-17)20-16(11-12-19(22)23)13-15-7-3-1-4-8-15/h1-10,16H,11-14H2,(H,20,21)(H,22,23). The van der Waals surface area contributed by atoms with Gasteiger partial charge in [0.15, 0.2) is 0 Å². The van der Waals surface area contributed by atoms with Crippen LogP contribution < -0.4 is 5.32 Å². The van der Waals surface area contributed by atoms with E-state index in [9.17, 15) is 9.59 Å². The minimum Gasteiger partial charge on any atom is -0.481 e. The molecule has 2 aromatic rings. The molecule has 0 bridgehead atoms. The Morgan fingerprint density at radius 2 is 1.62 bits per heavy atom. The highest BCUT2D eigenvalue weighted by Gasteiger charge is 2.15. The molecule has 0 aliphatic carbocycles. The zero-order valence-electron chi connectivity index (χ0n) is 13.4. The third-order valence-electron chi connectivity index (χ3n) is 3.51. The minimum absolute atomic E-state index is 0.0452. The topological polar surface area (TPSA) is 66.4 Å². The van der Waals surface area contributed by atoms with Gasteiger partial charge in [0.05, 0.1) is 5.75 Å².